The molecule has 2 aromatic heterocycles. The summed E-state index contributed by atoms with van der Waals surface area (Å²) < 4.78 is 14.0. The minimum atomic E-state index is -0.206. The Bertz CT molecular complexity index is 1900. The van der Waals surface area contributed by atoms with Crippen molar-refractivity contribution in [2.24, 2.45) is 9.98 Å². The molecule has 0 radical (unpaired) electrons. The molecule has 0 aliphatic heterocycles. The number of allylic oxidation sites excluding steroid dienone is 2. The van der Waals surface area contributed by atoms with Crippen molar-refractivity contribution in [3.8, 4) is 0 Å². The molecule has 3 N–H and O–H groups in total. The Morgan fingerprint density at radius 3 is 2.00 bits per heavy atom. The highest BCUT2D eigenvalue weighted by molar-refractivity contribution is 5.97. The number of benzene rings is 2. The SMILES string of the molecule is C=CC(CC)=Nc1cc(F)c(C(C)C)cc1NC.C=CC(CCC)=Nc1ccc(C(C)C)cc1NC.CCc1cc2cnc(C(C)C)cc2[nH]c1=O. The van der Waals surface area contributed by atoms with E-state index in [1.807, 2.05) is 72.3 Å². The van der Waals surface area contributed by atoms with Crippen molar-refractivity contribution in [3.63, 3.8) is 0 Å². The van der Waals surface area contributed by atoms with Crippen molar-refractivity contribution in [2.75, 3.05) is 24.7 Å². The summed E-state index contributed by atoms with van der Waals surface area (Å²) in [5, 5.41) is 7.29. The predicted octanol–water partition coefficient (Wildman–Crippen LogP) is 12.2. The maximum Gasteiger partial charge on any atom is 0.251 e. The molecule has 52 heavy (non-hydrogen) atoms. The summed E-state index contributed by atoms with van der Waals surface area (Å²) in [6.45, 7) is 26.2. The van der Waals surface area contributed by atoms with Crippen LogP contribution < -0.4 is 16.2 Å². The van der Waals surface area contributed by atoms with E-state index >= 15 is 0 Å². The molecule has 0 aliphatic rings. The number of rotatable bonds is 13. The molecule has 0 atom stereocenters. The van der Waals surface area contributed by atoms with E-state index in [2.05, 4.69) is 96.6 Å². The molecular formula is C44H61FN6O. The van der Waals surface area contributed by atoms with Crippen molar-refractivity contribution >= 4 is 45.1 Å². The number of hydrogen-bond donors (Lipinski definition) is 3. The van der Waals surface area contributed by atoms with E-state index in [0.717, 1.165) is 76.3 Å². The standard InChI is InChI=1S/C16H24N2.C15H21FN2.C13H16N2O/c1-6-8-14(7-2)18-15-10-9-13(12(3)4)11-16(15)17-5;1-6-11(7-2)18-15-9-13(16)12(10(3)4)8-14(15)17-5;1-4-9-5-10-7-14-11(8(2)3)6-12(10)15-13(9)16/h7,9-12,17H,2,6,8H2,1,3-5H3;6,8-10,17H,1,7H2,2-5H3;5-8H,4H2,1-3H3,(H,15,16). The number of halogens is 1. The molecule has 0 spiro atoms. The van der Waals surface area contributed by atoms with Crippen molar-refractivity contribution in [1.82, 2.24) is 9.97 Å². The van der Waals surface area contributed by atoms with Crippen molar-refractivity contribution in [3.05, 3.63) is 113 Å². The van der Waals surface area contributed by atoms with E-state index in [0.29, 0.717) is 23.1 Å². The summed E-state index contributed by atoms with van der Waals surface area (Å²) in [5.41, 5.74) is 10.2. The van der Waals surface area contributed by atoms with Gasteiger partial charge < -0.3 is 15.6 Å². The van der Waals surface area contributed by atoms with E-state index in [1.54, 1.807) is 6.08 Å². The first-order chi connectivity index (χ1) is 24.8. The zero-order chi connectivity index (χ0) is 39.0. The van der Waals surface area contributed by atoms with Gasteiger partial charge in [0.15, 0.2) is 0 Å². The number of fused-ring (bicyclic) bond motifs is 1. The third kappa shape index (κ3) is 12.4. The fourth-order valence-electron chi connectivity index (χ4n) is 5.30. The van der Waals surface area contributed by atoms with Crippen LogP contribution in [0.2, 0.25) is 0 Å². The van der Waals surface area contributed by atoms with E-state index in [-0.39, 0.29) is 17.3 Å². The van der Waals surface area contributed by atoms with Gasteiger partial charge in [-0.25, -0.2) is 4.39 Å². The van der Waals surface area contributed by atoms with Gasteiger partial charge in [-0.3, -0.25) is 19.8 Å². The normalized spacial score (nSPS) is 11.6. The summed E-state index contributed by atoms with van der Waals surface area (Å²) in [5.74, 6) is 0.853. The molecule has 0 fully saturated rings. The highest BCUT2D eigenvalue weighted by Crippen LogP contribution is 2.32. The average Bonchev–Trinajstić information content (AvgIpc) is 3.13. The van der Waals surface area contributed by atoms with Crippen molar-refractivity contribution < 1.29 is 4.39 Å². The number of aliphatic imine (C=N–C) groups is 2. The van der Waals surface area contributed by atoms with Gasteiger partial charge in [-0.1, -0.05) is 88.0 Å². The number of hydrogen-bond acceptors (Lipinski definition) is 6. The first kappa shape index (κ1) is 43.3. The number of anilines is 2. The second-order valence-electron chi connectivity index (χ2n) is 13.5. The third-order valence-corrected chi connectivity index (χ3v) is 8.63. The summed E-state index contributed by atoms with van der Waals surface area (Å²) >= 11 is 0. The first-order valence-corrected chi connectivity index (χ1v) is 18.5. The van der Waals surface area contributed by atoms with Gasteiger partial charge in [-0.05, 0) is 90.6 Å². The number of nitrogens with one attached hydrogen (secondary N) is 3. The Balaban J connectivity index is 0.000000270. The molecule has 8 heteroatoms. The number of H-pyrrole nitrogens is 1. The van der Waals surface area contributed by atoms with Crippen LogP contribution in [0.25, 0.3) is 10.9 Å². The second-order valence-corrected chi connectivity index (χ2v) is 13.5. The predicted molar refractivity (Wildman–Crippen MR) is 226 cm³/mol. The van der Waals surface area contributed by atoms with Crippen molar-refractivity contribution in [1.29, 1.82) is 0 Å². The summed E-state index contributed by atoms with van der Waals surface area (Å²) in [7, 11) is 3.75. The lowest BCUT2D eigenvalue weighted by atomic mass is 10.0. The minimum Gasteiger partial charge on any atom is -0.386 e. The van der Waals surface area contributed by atoms with Crippen LogP contribution in [-0.2, 0) is 6.42 Å². The molecule has 0 saturated heterocycles. The first-order valence-electron chi connectivity index (χ1n) is 18.5. The molecule has 2 aromatic carbocycles. The van der Waals surface area contributed by atoms with E-state index in [1.165, 1.54) is 11.6 Å². The van der Waals surface area contributed by atoms with Crippen LogP contribution in [0.15, 0.2) is 88.8 Å². The fraction of sp³-hybridized carbons (Fsp3) is 0.409. The lowest BCUT2D eigenvalue weighted by molar-refractivity contribution is 0.599. The average molecular weight is 709 g/mol. The maximum absolute atomic E-state index is 14.0. The van der Waals surface area contributed by atoms with Crippen LogP contribution in [-0.4, -0.2) is 35.5 Å². The smallest absolute Gasteiger partial charge is 0.251 e. The Morgan fingerprint density at radius 2 is 1.48 bits per heavy atom. The highest BCUT2D eigenvalue weighted by Gasteiger charge is 2.12. The molecule has 0 bridgehead atoms. The molecule has 280 valence electrons. The molecule has 0 saturated carbocycles. The zero-order valence-electron chi connectivity index (χ0n) is 33.4. The topological polar surface area (TPSA) is 94.5 Å². The van der Waals surface area contributed by atoms with Crippen LogP contribution in [0.5, 0.6) is 0 Å². The fourth-order valence-corrected chi connectivity index (χ4v) is 5.30. The number of aromatic nitrogens is 2. The zero-order valence-corrected chi connectivity index (χ0v) is 33.4. The molecular weight excluding hydrogens is 648 g/mol. The second kappa shape index (κ2) is 21.5. The van der Waals surface area contributed by atoms with E-state index in [4.69, 9.17) is 0 Å². The quantitative estimate of drug-likeness (QED) is 0.121. The Morgan fingerprint density at radius 1 is 0.846 bits per heavy atom. The van der Waals surface area contributed by atoms with Gasteiger partial charge in [0.1, 0.15) is 5.82 Å². The minimum absolute atomic E-state index is 0.0101. The Kier molecular flexibility index (Phi) is 17.9. The number of pyridine rings is 2. The lowest BCUT2D eigenvalue weighted by Crippen LogP contribution is -2.11. The molecule has 4 rings (SSSR count). The number of aryl methyl sites for hydroxylation is 1. The Hall–Kier alpha value is -4.85. The largest absolute Gasteiger partial charge is 0.386 e. The Labute approximate surface area is 311 Å². The van der Waals surface area contributed by atoms with E-state index < -0.39 is 0 Å². The molecule has 0 amide bonds. The summed E-state index contributed by atoms with van der Waals surface area (Å²) in [6.07, 6.45) is 8.96. The summed E-state index contributed by atoms with van der Waals surface area (Å²) in [6, 6.07) is 13.6. The molecule has 2 heterocycles. The van der Waals surface area contributed by atoms with Gasteiger partial charge in [0.2, 0.25) is 0 Å². The van der Waals surface area contributed by atoms with E-state index in [9.17, 15) is 9.18 Å². The summed E-state index contributed by atoms with van der Waals surface area (Å²) in [4.78, 5) is 28.1. The van der Waals surface area contributed by atoms with Gasteiger partial charge in [0.25, 0.3) is 5.56 Å². The monoisotopic (exact) mass is 708 g/mol. The molecule has 7 nitrogen and oxygen atoms in total. The highest BCUT2D eigenvalue weighted by atomic mass is 19.1. The van der Waals surface area contributed by atoms with Gasteiger partial charge in [0, 0.05) is 54.4 Å². The molecule has 0 unspecified atom stereocenters. The third-order valence-electron chi connectivity index (χ3n) is 8.63. The van der Waals surface area contributed by atoms with Crippen LogP contribution in [0, 0.1) is 5.82 Å². The van der Waals surface area contributed by atoms with Crippen LogP contribution >= 0.6 is 0 Å². The maximum atomic E-state index is 14.0. The van der Waals surface area contributed by atoms with Crippen LogP contribution in [0.3, 0.4) is 0 Å². The molecule has 0 aliphatic carbocycles. The van der Waals surface area contributed by atoms with Crippen molar-refractivity contribution in [2.45, 2.75) is 106 Å². The van der Waals surface area contributed by atoms with Crippen LogP contribution in [0.4, 0.5) is 27.1 Å². The van der Waals surface area contributed by atoms with Gasteiger partial charge in [-0.15, -0.1) is 0 Å². The van der Waals surface area contributed by atoms with Gasteiger partial charge >= 0.3 is 0 Å². The van der Waals surface area contributed by atoms with Crippen LogP contribution in [0.1, 0.15) is 122 Å². The van der Waals surface area contributed by atoms with Gasteiger partial charge in [-0.2, -0.15) is 0 Å². The molecule has 4 aromatic rings. The lowest BCUT2D eigenvalue weighted by Gasteiger charge is -2.12. The number of nitrogens with zero attached hydrogens (tertiary/aromatic N) is 3. The number of aromatic amines is 1. The van der Waals surface area contributed by atoms with Gasteiger partial charge in [0.05, 0.1) is 28.3 Å².